The molecule has 0 unspecified atom stereocenters. The van der Waals surface area contributed by atoms with Crippen molar-refractivity contribution in [3.63, 3.8) is 0 Å². The number of hydrogen-bond donors (Lipinski definition) is 0. The molecule has 0 bridgehead atoms. The summed E-state index contributed by atoms with van der Waals surface area (Å²) in [6.45, 7) is 0. The number of anilines is 1. The van der Waals surface area contributed by atoms with Gasteiger partial charge >= 0.3 is 0 Å². The molecular formula is C21H14Cl2F2N2. The van der Waals surface area contributed by atoms with Crippen LogP contribution in [-0.4, -0.2) is 5.71 Å². The Morgan fingerprint density at radius 2 is 1.48 bits per heavy atom. The Balaban J connectivity index is 1.79. The van der Waals surface area contributed by atoms with E-state index in [0.717, 1.165) is 16.8 Å². The van der Waals surface area contributed by atoms with Crippen LogP contribution in [0.4, 0.5) is 14.5 Å². The molecule has 0 fully saturated rings. The fourth-order valence-electron chi connectivity index (χ4n) is 3.16. The summed E-state index contributed by atoms with van der Waals surface area (Å²) < 4.78 is 26.6. The third-order valence-electron chi connectivity index (χ3n) is 4.50. The zero-order chi connectivity index (χ0) is 19.0. The summed E-state index contributed by atoms with van der Waals surface area (Å²) in [4.78, 5) is 0. The molecule has 4 rings (SSSR count). The highest BCUT2D eigenvalue weighted by atomic mass is 35.5. The number of hydrogen-bond acceptors (Lipinski definition) is 2. The van der Waals surface area contributed by atoms with E-state index in [-0.39, 0.29) is 17.7 Å². The van der Waals surface area contributed by atoms with Gasteiger partial charge in [-0.05, 0) is 53.6 Å². The van der Waals surface area contributed by atoms with Crippen molar-refractivity contribution in [2.75, 3.05) is 5.01 Å². The van der Waals surface area contributed by atoms with Gasteiger partial charge in [0, 0.05) is 11.4 Å². The van der Waals surface area contributed by atoms with Gasteiger partial charge in [-0.15, -0.1) is 0 Å². The molecule has 0 aromatic heterocycles. The lowest BCUT2D eigenvalue weighted by atomic mass is 9.98. The lowest BCUT2D eigenvalue weighted by Gasteiger charge is -2.25. The topological polar surface area (TPSA) is 15.6 Å². The average molecular weight is 403 g/mol. The molecule has 0 spiro atoms. The van der Waals surface area contributed by atoms with Crippen molar-refractivity contribution in [2.24, 2.45) is 5.10 Å². The standard InChI is InChI=1S/C21H14Cl2F2N2/c22-15-5-10-18(23)21(11-15)27-20(14-3-8-17(25)9-4-14)12-19(26-27)13-1-6-16(24)7-2-13/h1-11,20H,12H2/t20-/m1/s1. The first-order valence-electron chi connectivity index (χ1n) is 8.34. The van der Waals surface area contributed by atoms with E-state index >= 15 is 0 Å². The lowest BCUT2D eigenvalue weighted by molar-refractivity contribution is 0.624. The van der Waals surface area contributed by atoms with Crippen LogP contribution in [0.3, 0.4) is 0 Å². The third-order valence-corrected chi connectivity index (χ3v) is 5.05. The maximum Gasteiger partial charge on any atom is 0.123 e. The molecule has 2 nitrogen and oxygen atoms in total. The van der Waals surface area contributed by atoms with Crippen molar-refractivity contribution in [2.45, 2.75) is 12.5 Å². The van der Waals surface area contributed by atoms with Crippen LogP contribution in [0.25, 0.3) is 0 Å². The predicted octanol–water partition coefficient (Wildman–Crippen LogP) is 6.63. The molecule has 6 heteroatoms. The van der Waals surface area contributed by atoms with E-state index in [1.807, 2.05) is 0 Å². The quantitative estimate of drug-likeness (QED) is 0.480. The summed E-state index contributed by atoms with van der Waals surface area (Å²) in [7, 11) is 0. The molecule has 0 amide bonds. The van der Waals surface area contributed by atoms with Crippen molar-refractivity contribution in [1.82, 2.24) is 0 Å². The fourth-order valence-corrected chi connectivity index (χ4v) is 3.53. The lowest BCUT2D eigenvalue weighted by Crippen LogP contribution is -2.19. The molecule has 3 aromatic rings. The Bertz CT molecular complexity index is 1000. The van der Waals surface area contributed by atoms with Gasteiger partial charge in [0.1, 0.15) is 11.6 Å². The smallest absolute Gasteiger partial charge is 0.123 e. The molecule has 0 saturated heterocycles. The van der Waals surface area contributed by atoms with Crippen LogP contribution in [0, 0.1) is 11.6 Å². The summed E-state index contributed by atoms with van der Waals surface area (Å²) in [6.07, 6.45) is 0.570. The number of benzene rings is 3. The molecule has 0 aliphatic carbocycles. The minimum atomic E-state index is -0.304. The molecule has 0 N–H and O–H groups in total. The van der Waals surface area contributed by atoms with Crippen molar-refractivity contribution in [3.8, 4) is 0 Å². The molecule has 1 aliphatic heterocycles. The summed E-state index contributed by atoms with van der Waals surface area (Å²) in [5.74, 6) is -0.606. The highest BCUT2D eigenvalue weighted by Gasteiger charge is 2.31. The first-order valence-corrected chi connectivity index (χ1v) is 9.10. The molecule has 1 atom stereocenters. The Labute approximate surface area is 165 Å². The Morgan fingerprint density at radius 3 is 2.15 bits per heavy atom. The average Bonchev–Trinajstić information content (AvgIpc) is 3.10. The van der Waals surface area contributed by atoms with Crippen LogP contribution >= 0.6 is 23.2 Å². The second-order valence-electron chi connectivity index (χ2n) is 6.27. The van der Waals surface area contributed by atoms with E-state index in [1.165, 1.54) is 24.3 Å². The Kier molecular flexibility index (Phi) is 4.85. The molecule has 1 heterocycles. The van der Waals surface area contributed by atoms with Crippen LogP contribution < -0.4 is 5.01 Å². The van der Waals surface area contributed by atoms with Gasteiger partial charge in [-0.2, -0.15) is 5.10 Å². The number of hydrazone groups is 1. The maximum absolute atomic E-state index is 13.4. The van der Waals surface area contributed by atoms with Crippen molar-refractivity contribution in [1.29, 1.82) is 0 Å². The monoisotopic (exact) mass is 402 g/mol. The van der Waals surface area contributed by atoms with Gasteiger partial charge in [-0.3, -0.25) is 5.01 Å². The van der Waals surface area contributed by atoms with Gasteiger partial charge in [0.05, 0.1) is 22.5 Å². The van der Waals surface area contributed by atoms with Gasteiger partial charge in [0.2, 0.25) is 0 Å². The number of rotatable bonds is 3. The second-order valence-corrected chi connectivity index (χ2v) is 7.11. The van der Waals surface area contributed by atoms with Crippen molar-refractivity contribution in [3.05, 3.63) is 99.5 Å². The van der Waals surface area contributed by atoms with E-state index < -0.39 is 0 Å². The first-order chi connectivity index (χ1) is 13.0. The minimum Gasteiger partial charge on any atom is -0.256 e. The molecule has 0 radical (unpaired) electrons. The molecule has 136 valence electrons. The Hall–Kier alpha value is -2.43. The van der Waals surface area contributed by atoms with E-state index in [2.05, 4.69) is 0 Å². The normalized spacial score (nSPS) is 16.5. The van der Waals surface area contributed by atoms with E-state index in [4.69, 9.17) is 28.3 Å². The third kappa shape index (κ3) is 3.68. The maximum atomic E-state index is 13.4. The molecular weight excluding hydrogens is 389 g/mol. The van der Waals surface area contributed by atoms with E-state index in [0.29, 0.717) is 22.2 Å². The van der Waals surface area contributed by atoms with E-state index in [9.17, 15) is 8.78 Å². The number of halogens is 4. The van der Waals surface area contributed by atoms with Crippen LogP contribution in [-0.2, 0) is 0 Å². The minimum absolute atomic E-state index is 0.179. The van der Waals surface area contributed by atoms with Crippen molar-refractivity contribution >= 4 is 34.6 Å². The zero-order valence-corrected chi connectivity index (χ0v) is 15.6. The van der Waals surface area contributed by atoms with Crippen LogP contribution in [0.15, 0.2) is 71.8 Å². The van der Waals surface area contributed by atoms with Crippen LogP contribution in [0.1, 0.15) is 23.6 Å². The molecule has 27 heavy (non-hydrogen) atoms. The highest BCUT2D eigenvalue weighted by Crippen LogP contribution is 2.40. The summed E-state index contributed by atoms with van der Waals surface area (Å²) >= 11 is 12.5. The zero-order valence-electron chi connectivity index (χ0n) is 14.0. The van der Waals surface area contributed by atoms with Gasteiger partial charge < -0.3 is 0 Å². The van der Waals surface area contributed by atoms with Gasteiger partial charge in [0.25, 0.3) is 0 Å². The number of nitrogens with zero attached hydrogens (tertiary/aromatic N) is 2. The summed E-state index contributed by atoms with van der Waals surface area (Å²) in [6, 6.07) is 17.5. The highest BCUT2D eigenvalue weighted by molar-refractivity contribution is 6.35. The SMILES string of the molecule is Fc1ccc(C2=NN(c3cc(Cl)ccc3Cl)[C@@H](c3ccc(F)cc3)C2)cc1. The van der Waals surface area contributed by atoms with Crippen LogP contribution in [0.2, 0.25) is 10.0 Å². The van der Waals surface area contributed by atoms with Gasteiger partial charge in [0.15, 0.2) is 0 Å². The largest absolute Gasteiger partial charge is 0.256 e. The van der Waals surface area contributed by atoms with Gasteiger partial charge in [-0.1, -0.05) is 47.5 Å². The summed E-state index contributed by atoms with van der Waals surface area (Å²) in [5, 5.41) is 7.57. The van der Waals surface area contributed by atoms with Crippen molar-refractivity contribution < 1.29 is 8.78 Å². The summed E-state index contributed by atoms with van der Waals surface area (Å²) in [5.41, 5.74) is 3.17. The second kappa shape index (κ2) is 7.29. The van der Waals surface area contributed by atoms with Crippen LogP contribution in [0.5, 0.6) is 0 Å². The predicted molar refractivity (Wildman–Crippen MR) is 106 cm³/mol. The van der Waals surface area contributed by atoms with Gasteiger partial charge in [-0.25, -0.2) is 8.78 Å². The Morgan fingerprint density at radius 1 is 0.852 bits per heavy atom. The fraction of sp³-hybridized carbons (Fsp3) is 0.0952. The molecule has 0 saturated carbocycles. The first kappa shape index (κ1) is 18.0. The van der Waals surface area contributed by atoms with E-state index in [1.54, 1.807) is 47.5 Å². The molecule has 1 aliphatic rings. The molecule has 3 aromatic carbocycles.